The molecule has 0 aliphatic heterocycles. The maximum atomic E-state index is 12.2. The van der Waals surface area contributed by atoms with E-state index in [1.165, 1.54) is 9.18 Å². The number of sulfonamides is 1. The van der Waals surface area contributed by atoms with Crippen LogP contribution in [0.15, 0.2) is 17.5 Å². The Morgan fingerprint density at radius 3 is 2.60 bits per heavy atom. The predicted molar refractivity (Wildman–Crippen MR) is 86.8 cm³/mol. The molecule has 20 heavy (non-hydrogen) atoms. The van der Waals surface area contributed by atoms with Crippen LogP contribution in [0, 0.1) is 0 Å². The lowest BCUT2D eigenvalue weighted by Crippen LogP contribution is -2.38. The second kappa shape index (κ2) is 8.12. The maximum Gasteiger partial charge on any atom is 0.214 e. The second-order valence-electron chi connectivity index (χ2n) is 5.43. The van der Waals surface area contributed by atoms with E-state index in [0.29, 0.717) is 12.5 Å². The Labute approximate surface area is 127 Å². The molecule has 1 atom stereocenters. The first-order valence-corrected chi connectivity index (χ1v) is 9.53. The van der Waals surface area contributed by atoms with Crippen molar-refractivity contribution in [2.45, 2.75) is 45.7 Å². The zero-order valence-electron chi connectivity index (χ0n) is 12.8. The van der Waals surface area contributed by atoms with Crippen LogP contribution in [-0.2, 0) is 16.4 Å². The molecule has 0 aliphatic carbocycles. The summed E-state index contributed by atoms with van der Waals surface area (Å²) < 4.78 is 26.0. The Balaban J connectivity index is 2.44. The molecule has 1 aromatic heterocycles. The molecular formula is C14H26N2O2S2. The highest BCUT2D eigenvalue weighted by Crippen LogP contribution is 2.15. The van der Waals surface area contributed by atoms with Crippen LogP contribution in [0.5, 0.6) is 0 Å². The highest BCUT2D eigenvalue weighted by Gasteiger charge is 2.23. The molecule has 1 rings (SSSR count). The Morgan fingerprint density at radius 2 is 2.05 bits per heavy atom. The van der Waals surface area contributed by atoms with Gasteiger partial charge in [-0.05, 0) is 37.8 Å². The lowest BCUT2D eigenvalue weighted by atomic mass is 10.2. The van der Waals surface area contributed by atoms with Crippen molar-refractivity contribution in [1.29, 1.82) is 0 Å². The number of hydrogen-bond donors (Lipinski definition) is 1. The van der Waals surface area contributed by atoms with Crippen LogP contribution < -0.4 is 5.32 Å². The van der Waals surface area contributed by atoms with Crippen molar-refractivity contribution in [1.82, 2.24) is 9.62 Å². The van der Waals surface area contributed by atoms with E-state index in [1.807, 2.05) is 24.4 Å². The minimum absolute atomic E-state index is 0.00305. The minimum Gasteiger partial charge on any atom is -0.314 e. The molecule has 0 fully saturated rings. The van der Waals surface area contributed by atoms with Crippen LogP contribution in [0.1, 0.15) is 32.1 Å². The quantitative estimate of drug-likeness (QED) is 0.711. The van der Waals surface area contributed by atoms with Gasteiger partial charge in [-0.1, -0.05) is 19.9 Å². The molecule has 1 unspecified atom stereocenters. The standard InChI is InChI=1S/C14H26N2O2S2/c1-12(2)15-8-6-10-20(17,18)16(4)13(3)11-14-7-5-9-19-14/h5,7,9,12-13,15H,6,8,10-11H2,1-4H3. The monoisotopic (exact) mass is 318 g/mol. The second-order valence-corrected chi connectivity index (χ2v) is 8.61. The van der Waals surface area contributed by atoms with Gasteiger partial charge in [0.1, 0.15) is 0 Å². The van der Waals surface area contributed by atoms with Crippen LogP contribution in [0.2, 0.25) is 0 Å². The first-order chi connectivity index (χ1) is 9.33. The van der Waals surface area contributed by atoms with E-state index in [2.05, 4.69) is 19.2 Å². The van der Waals surface area contributed by atoms with Gasteiger partial charge in [-0.3, -0.25) is 0 Å². The van der Waals surface area contributed by atoms with Crippen LogP contribution in [0.4, 0.5) is 0 Å². The van der Waals surface area contributed by atoms with E-state index in [4.69, 9.17) is 0 Å². The number of nitrogens with zero attached hydrogens (tertiary/aromatic N) is 1. The molecule has 1 heterocycles. The molecule has 0 amide bonds. The van der Waals surface area contributed by atoms with Crippen molar-refractivity contribution in [2.75, 3.05) is 19.3 Å². The predicted octanol–water partition coefficient (Wildman–Crippen LogP) is 2.33. The number of nitrogens with one attached hydrogen (secondary N) is 1. The van der Waals surface area contributed by atoms with Gasteiger partial charge in [0.2, 0.25) is 10.0 Å². The third kappa shape index (κ3) is 5.91. The number of likely N-dealkylation sites (N-methyl/N-ethyl adjacent to an activating group) is 1. The molecule has 0 bridgehead atoms. The first-order valence-electron chi connectivity index (χ1n) is 7.04. The molecule has 4 nitrogen and oxygen atoms in total. The smallest absolute Gasteiger partial charge is 0.214 e. The summed E-state index contributed by atoms with van der Waals surface area (Å²) in [4.78, 5) is 1.22. The Morgan fingerprint density at radius 1 is 1.35 bits per heavy atom. The third-order valence-corrected chi connectivity index (χ3v) is 6.21. The minimum atomic E-state index is -3.16. The average molecular weight is 319 g/mol. The summed E-state index contributed by atoms with van der Waals surface area (Å²) in [5.41, 5.74) is 0. The van der Waals surface area contributed by atoms with E-state index in [9.17, 15) is 8.42 Å². The molecule has 0 radical (unpaired) electrons. The average Bonchev–Trinajstić information content (AvgIpc) is 2.86. The van der Waals surface area contributed by atoms with E-state index in [1.54, 1.807) is 18.4 Å². The van der Waals surface area contributed by atoms with Gasteiger partial charge in [-0.15, -0.1) is 11.3 Å². The fourth-order valence-electron chi connectivity index (χ4n) is 1.91. The highest BCUT2D eigenvalue weighted by molar-refractivity contribution is 7.89. The number of thiophene rings is 1. The largest absolute Gasteiger partial charge is 0.314 e. The van der Waals surface area contributed by atoms with Gasteiger partial charge in [-0.2, -0.15) is 0 Å². The third-order valence-electron chi connectivity index (χ3n) is 3.27. The Hall–Kier alpha value is -0.430. The maximum absolute atomic E-state index is 12.2. The van der Waals surface area contributed by atoms with E-state index in [0.717, 1.165) is 13.0 Å². The summed E-state index contributed by atoms with van der Waals surface area (Å²) in [7, 11) is -1.48. The lowest BCUT2D eigenvalue weighted by molar-refractivity contribution is 0.387. The summed E-state index contributed by atoms with van der Waals surface area (Å²) in [6.45, 7) is 6.82. The molecular weight excluding hydrogens is 292 g/mol. The van der Waals surface area contributed by atoms with Crippen molar-refractivity contribution >= 4 is 21.4 Å². The molecule has 116 valence electrons. The topological polar surface area (TPSA) is 49.4 Å². The van der Waals surface area contributed by atoms with Gasteiger partial charge < -0.3 is 5.32 Å². The Bertz CT molecular complexity index is 469. The molecule has 6 heteroatoms. The van der Waals surface area contributed by atoms with Crippen molar-refractivity contribution in [3.05, 3.63) is 22.4 Å². The summed E-state index contributed by atoms with van der Waals surface area (Å²) in [5, 5.41) is 5.26. The van der Waals surface area contributed by atoms with E-state index >= 15 is 0 Å². The van der Waals surface area contributed by atoms with E-state index in [-0.39, 0.29) is 11.8 Å². The van der Waals surface area contributed by atoms with Crippen LogP contribution in [0.25, 0.3) is 0 Å². The zero-order chi connectivity index (χ0) is 15.2. The molecule has 1 N–H and O–H groups in total. The number of rotatable bonds is 9. The summed E-state index contributed by atoms with van der Waals surface area (Å²) >= 11 is 1.67. The summed E-state index contributed by atoms with van der Waals surface area (Å²) in [6, 6.07) is 4.44. The van der Waals surface area contributed by atoms with Gasteiger partial charge in [0.25, 0.3) is 0 Å². The normalized spacial score (nSPS) is 14.1. The lowest BCUT2D eigenvalue weighted by Gasteiger charge is -2.24. The SMILES string of the molecule is CC(C)NCCCS(=O)(=O)N(C)C(C)Cc1cccs1. The Kier molecular flexibility index (Phi) is 7.15. The number of hydrogen-bond acceptors (Lipinski definition) is 4. The van der Waals surface area contributed by atoms with Crippen molar-refractivity contribution < 1.29 is 8.42 Å². The van der Waals surface area contributed by atoms with Gasteiger partial charge in [-0.25, -0.2) is 12.7 Å². The van der Waals surface area contributed by atoms with Crippen molar-refractivity contribution in [3.63, 3.8) is 0 Å². The van der Waals surface area contributed by atoms with Gasteiger partial charge in [0, 0.05) is 24.0 Å². The molecule has 1 aromatic rings. The first kappa shape index (κ1) is 17.6. The van der Waals surface area contributed by atoms with Crippen LogP contribution in [0.3, 0.4) is 0 Å². The fraction of sp³-hybridized carbons (Fsp3) is 0.714. The van der Waals surface area contributed by atoms with Gasteiger partial charge >= 0.3 is 0 Å². The molecule has 0 aromatic carbocycles. The molecule has 0 saturated heterocycles. The molecule has 0 spiro atoms. The molecule has 0 saturated carbocycles. The van der Waals surface area contributed by atoms with Crippen LogP contribution in [-0.4, -0.2) is 44.2 Å². The van der Waals surface area contributed by atoms with Gasteiger partial charge in [0.05, 0.1) is 5.75 Å². The van der Waals surface area contributed by atoms with Crippen molar-refractivity contribution in [3.8, 4) is 0 Å². The summed E-state index contributed by atoms with van der Waals surface area (Å²) in [6.07, 6.45) is 1.42. The fourth-order valence-corrected chi connectivity index (χ4v) is 4.16. The van der Waals surface area contributed by atoms with Crippen molar-refractivity contribution in [2.24, 2.45) is 0 Å². The van der Waals surface area contributed by atoms with Crippen LogP contribution >= 0.6 is 11.3 Å². The molecule has 0 aliphatic rings. The highest BCUT2D eigenvalue weighted by atomic mass is 32.2. The summed E-state index contributed by atoms with van der Waals surface area (Å²) in [5.74, 6) is 0.206. The zero-order valence-corrected chi connectivity index (χ0v) is 14.4. The van der Waals surface area contributed by atoms with Gasteiger partial charge in [0.15, 0.2) is 0 Å². The van der Waals surface area contributed by atoms with E-state index < -0.39 is 10.0 Å².